The maximum Gasteiger partial charge on any atom is 0.161 e. The van der Waals surface area contributed by atoms with Crippen LogP contribution in [0.15, 0.2) is 24.5 Å². The number of benzene rings is 1. The van der Waals surface area contributed by atoms with Gasteiger partial charge in [0.2, 0.25) is 0 Å². The third kappa shape index (κ3) is 2.14. The molecule has 0 spiro atoms. The first-order valence-corrected chi connectivity index (χ1v) is 7.00. The summed E-state index contributed by atoms with van der Waals surface area (Å²) >= 11 is 0. The Bertz CT molecular complexity index is 623. The standard InChI is InChI=1S/C15H17N3O2/c1-2-14-15(20-6-5-19-14)7-11(1)8-18-4-3-12-13(9-18)17-10-16-12/h1-2,7,10H,3-6,8-9H2,(H,16,17). The van der Waals surface area contributed by atoms with Gasteiger partial charge in [-0.3, -0.25) is 4.90 Å². The minimum Gasteiger partial charge on any atom is -0.486 e. The Labute approximate surface area is 117 Å². The van der Waals surface area contributed by atoms with E-state index in [1.165, 1.54) is 17.0 Å². The van der Waals surface area contributed by atoms with Crippen molar-refractivity contribution in [2.75, 3.05) is 19.8 Å². The molecule has 4 rings (SSSR count). The second-order valence-electron chi connectivity index (χ2n) is 5.27. The minimum atomic E-state index is 0.636. The summed E-state index contributed by atoms with van der Waals surface area (Å²) in [4.78, 5) is 10.00. The average Bonchev–Trinajstić information content (AvgIpc) is 2.95. The average molecular weight is 271 g/mol. The van der Waals surface area contributed by atoms with Crippen LogP contribution in [0.2, 0.25) is 0 Å². The van der Waals surface area contributed by atoms with Crippen LogP contribution < -0.4 is 9.47 Å². The summed E-state index contributed by atoms with van der Waals surface area (Å²) in [6, 6.07) is 6.22. The number of aromatic amines is 1. The van der Waals surface area contributed by atoms with Crippen molar-refractivity contribution in [1.29, 1.82) is 0 Å². The third-order valence-corrected chi connectivity index (χ3v) is 3.87. The SMILES string of the molecule is c1nc2c([nH]1)CCN(Cc1ccc3c(c1)OCCO3)C2. The van der Waals surface area contributed by atoms with E-state index in [2.05, 4.69) is 27.0 Å². The van der Waals surface area contributed by atoms with E-state index in [4.69, 9.17) is 9.47 Å². The molecule has 3 heterocycles. The lowest BCUT2D eigenvalue weighted by Crippen LogP contribution is -2.30. The zero-order valence-electron chi connectivity index (χ0n) is 11.3. The van der Waals surface area contributed by atoms with Crippen LogP contribution in [0.4, 0.5) is 0 Å². The zero-order valence-corrected chi connectivity index (χ0v) is 11.3. The van der Waals surface area contributed by atoms with Crippen LogP contribution in [0.5, 0.6) is 11.5 Å². The fourth-order valence-corrected chi connectivity index (χ4v) is 2.84. The third-order valence-electron chi connectivity index (χ3n) is 3.87. The highest BCUT2D eigenvalue weighted by Gasteiger charge is 2.19. The number of imidazole rings is 1. The molecular formula is C15H17N3O2. The highest BCUT2D eigenvalue weighted by Crippen LogP contribution is 2.31. The molecule has 1 aromatic heterocycles. The van der Waals surface area contributed by atoms with Gasteiger partial charge in [-0.25, -0.2) is 4.98 Å². The molecule has 0 amide bonds. The maximum absolute atomic E-state index is 5.64. The van der Waals surface area contributed by atoms with Gasteiger partial charge < -0.3 is 14.5 Å². The van der Waals surface area contributed by atoms with Gasteiger partial charge in [0, 0.05) is 31.7 Å². The molecule has 0 fully saturated rings. The molecule has 2 aromatic rings. The second-order valence-corrected chi connectivity index (χ2v) is 5.27. The zero-order chi connectivity index (χ0) is 13.4. The lowest BCUT2D eigenvalue weighted by Gasteiger charge is -2.26. The van der Waals surface area contributed by atoms with Crippen LogP contribution in [0, 0.1) is 0 Å². The van der Waals surface area contributed by atoms with Crippen molar-refractivity contribution in [2.24, 2.45) is 0 Å². The first-order valence-electron chi connectivity index (χ1n) is 7.00. The van der Waals surface area contributed by atoms with Gasteiger partial charge in [0.25, 0.3) is 0 Å². The van der Waals surface area contributed by atoms with Crippen molar-refractivity contribution in [3.8, 4) is 11.5 Å². The number of fused-ring (bicyclic) bond motifs is 2. The van der Waals surface area contributed by atoms with E-state index < -0.39 is 0 Å². The van der Waals surface area contributed by atoms with E-state index in [1.807, 2.05) is 6.07 Å². The predicted octanol–water partition coefficient (Wildman–Crippen LogP) is 1.74. The number of ether oxygens (including phenoxy) is 2. The first-order chi connectivity index (χ1) is 9.88. The number of rotatable bonds is 2. The molecule has 0 saturated heterocycles. The van der Waals surface area contributed by atoms with Crippen molar-refractivity contribution in [3.05, 3.63) is 41.5 Å². The molecular weight excluding hydrogens is 254 g/mol. The van der Waals surface area contributed by atoms with Crippen molar-refractivity contribution >= 4 is 0 Å². The van der Waals surface area contributed by atoms with Gasteiger partial charge >= 0.3 is 0 Å². The van der Waals surface area contributed by atoms with Gasteiger partial charge in [0.15, 0.2) is 11.5 Å². The van der Waals surface area contributed by atoms with Crippen molar-refractivity contribution in [1.82, 2.24) is 14.9 Å². The number of hydrogen-bond acceptors (Lipinski definition) is 4. The van der Waals surface area contributed by atoms with Crippen LogP contribution in [-0.2, 0) is 19.5 Å². The van der Waals surface area contributed by atoms with Crippen molar-refractivity contribution in [3.63, 3.8) is 0 Å². The second kappa shape index (κ2) is 4.83. The van der Waals surface area contributed by atoms with E-state index in [0.717, 1.165) is 37.6 Å². The summed E-state index contributed by atoms with van der Waals surface area (Å²) in [7, 11) is 0. The normalized spacial score (nSPS) is 17.8. The van der Waals surface area contributed by atoms with Crippen molar-refractivity contribution in [2.45, 2.75) is 19.5 Å². The van der Waals surface area contributed by atoms with Crippen LogP contribution in [0.25, 0.3) is 0 Å². The number of hydrogen-bond donors (Lipinski definition) is 1. The Morgan fingerprint density at radius 1 is 1.20 bits per heavy atom. The van der Waals surface area contributed by atoms with Gasteiger partial charge in [-0.05, 0) is 17.7 Å². The molecule has 1 N–H and O–H groups in total. The van der Waals surface area contributed by atoms with Gasteiger partial charge in [0.1, 0.15) is 13.2 Å². The largest absolute Gasteiger partial charge is 0.486 e. The smallest absolute Gasteiger partial charge is 0.161 e. The van der Waals surface area contributed by atoms with E-state index in [-0.39, 0.29) is 0 Å². The Balaban J connectivity index is 1.49. The van der Waals surface area contributed by atoms with Crippen LogP contribution in [0.3, 0.4) is 0 Å². The molecule has 0 unspecified atom stereocenters. The van der Waals surface area contributed by atoms with Crippen molar-refractivity contribution < 1.29 is 9.47 Å². The Morgan fingerprint density at radius 2 is 2.10 bits per heavy atom. The summed E-state index contributed by atoms with van der Waals surface area (Å²) < 4.78 is 11.2. The van der Waals surface area contributed by atoms with E-state index in [0.29, 0.717) is 13.2 Å². The molecule has 5 nitrogen and oxygen atoms in total. The molecule has 5 heteroatoms. The molecule has 0 bridgehead atoms. The summed E-state index contributed by atoms with van der Waals surface area (Å²) in [6.07, 6.45) is 2.83. The minimum absolute atomic E-state index is 0.636. The number of nitrogens with zero attached hydrogens (tertiary/aromatic N) is 2. The molecule has 20 heavy (non-hydrogen) atoms. The fourth-order valence-electron chi connectivity index (χ4n) is 2.84. The lowest BCUT2D eigenvalue weighted by atomic mass is 10.1. The molecule has 0 radical (unpaired) electrons. The van der Waals surface area contributed by atoms with Gasteiger partial charge in [-0.2, -0.15) is 0 Å². The highest BCUT2D eigenvalue weighted by molar-refractivity contribution is 5.43. The van der Waals surface area contributed by atoms with Gasteiger partial charge in [-0.1, -0.05) is 6.07 Å². The predicted molar refractivity (Wildman–Crippen MR) is 73.8 cm³/mol. The van der Waals surface area contributed by atoms with Gasteiger partial charge in [0.05, 0.1) is 12.0 Å². The Kier molecular flexibility index (Phi) is 2.85. The van der Waals surface area contributed by atoms with Gasteiger partial charge in [-0.15, -0.1) is 0 Å². The Hall–Kier alpha value is -2.01. The number of H-pyrrole nitrogens is 1. The number of nitrogens with one attached hydrogen (secondary N) is 1. The fraction of sp³-hybridized carbons (Fsp3) is 0.400. The van der Waals surface area contributed by atoms with Crippen LogP contribution in [-0.4, -0.2) is 34.6 Å². The monoisotopic (exact) mass is 271 g/mol. The first kappa shape index (κ1) is 11.8. The molecule has 0 saturated carbocycles. The summed E-state index contributed by atoms with van der Waals surface area (Å²) in [5.74, 6) is 1.72. The summed E-state index contributed by atoms with van der Waals surface area (Å²) in [5.41, 5.74) is 3.71. The topological polar surface area (TPSA) is 50.4 Å². The number of aromatic nitrogens is 2. The lowest BCUT2D eigenvalue weighted by molar-refractivity contribution is 0.171. The maximum atomic E-state index is 5.64. The summed E-state index contributed by atoms with van der Waals surface area (Å²) in [6.45, 7) is 4.16. The summed E-state index contributed by atoms with van der Waals surface area (Å²) in [5, 5.41) is 0. The molecule has 104 valence electrons. The highest BCUT2D eigenvalue weighted by atomic mass is 16.6. The molecule has 0 atom stereocenters. The Morgan fingerprint density at radius 3 is 3.05 bits per heavy atom. The molecule has 0 aliphatic carbocycles. The molecule has 2 aliphatic heterocycles. The van der Waals surface area contributed by atoms with E-state index in [9.17, 15) is 0 Å². The van der Waals surface area contributed by atoms with E-state index in [1.54, 1.807) is 6.33 Å². The van der Waals surface area contributed by atoms with Crippen LogP contribution >= 0.6 is 0 Å². The van der Waals surface area contributed by atoms with Crippen LogP contribution in [0.1, 0.15) is 17.0 Å². The molecule has 1 aromatic carbocycles. The van der Waals surface area contributed by atoms with E-state index >= 15 is 0 Å². The molecule has 2 aliphatic rings. The quantitative estimate of drug-likeness (QED) is 0.904.